The van der Waals surface area contributed by atoms with E-state index in [1.807, 2.05) is 0 Å². The Bertz CT molecular complexity index is 479. The van der Waals surface area contributed by atoms with Gasteiger partial charge in [-0.05, 0) is 24.5 Å². The fourth-order valence-electron chi connectivity index (χ4n) is 1.68. The molecule has 1 aromatic heterocycles. The zero-order valence-electron chi connectivity index (χ0n) is 10.2. The zero-order valence-corrected chi connectivity index (χ0v) is 11.0. The van der Waals surface area contributed by atoms with Crippen LogP contribution in [0.25, 0.3) is 11.3 Å². The van der Waals surface area contributed by atoms with Gasteiger partial charge in [0.25, 0.3) is 0 Å². The highest BCUT2D eigenvalue weighted by molar-refractivity contribution is 6.99. The highest BCUT2D eigenvalue weighted by Gasteiger charge is 2.09. The highest BCUT2D eigenvalue weighted by Crippen LogP contribution is 2.26. The second kappa shape index (κ2) is 5.77. The molecule has 0 fully saturated rings. The minimum absolute atomic E-state index is 0.908. The van der Waals surface area contributed by atoms with E-state index in [0.717, 1.165) is 36.5 Å². The number of anilines is 1. The summed E-state index contributed by atoms with van der Waals surface area (Å²) in [6.45, 7) is 5.24. The summed E-state index contributed by atoms with van der Waals surface area (Å²) in [7, 11) is 0. The molecule has 0 aliphatic carbocycles. The second-order valence-corrected chi connectivity index (χ2v) is 4.47. The van der Waals surface area contributed by atoms with Crippen molar-refractivity contribution in [2.75, 3.05) is 11.9 Å². The standard InChI is InChI=1S/C13H17N3S/c1-3-8-14-13-12(15-17-16-13)11-7-5-6-10(4-2)9-11/h5-7,9H,3-4,8H2,1-2H3,(H,14,16). The van der Waals surface area contributed by atoms with Crippen molar-refractivity contribution >= 4 is 17.5 Å². The van der Waals surface area contributed by atoms with Crippen LogP contribution in [-0.2, 0) is 6.42 Å². The van der Waals surface area contributed by atoms with Crippen LogP contribution < -0.4 is 5.32 Å². The third kappa shape index (κ3) is 2.82. The lowest BCUT2D eigenvalue weighted by Crippen LogP contribution is -2.01. The van der Waals surface area contributed by atoms with Crippen LogP contribution in [-0.4, -0.2) is 15.3 Å². The number of rotatable bonds is 5. The van der Waals surface area contributed by atoms with Gasteiger partial charge in [-0.1, -0.05) is 32.0 Å². The van der Waals surface area contributed by atoms with Crippen LogP contribution >= 0.6 is 11.7 Å². The van der Waals surface area contributed by atoms with Crippen LogP contribution in [0.15, 0.2) is 24.3 Å². The number of hydrogen-bond acceptors (Lipinski definition) is 4. The summed E-state index contributed by atoms with van der Waals surface area (Å²) in [6, 6.07) is 8.50. The summed E-state index contributed by atoms with van der Waals surface area (Å²) in [5, 5.41) is 3.32. The maximum absolute atomic E-state index is 4.38. The van der Waals surface area contributed by atoms with Crippen LogP contribution in [0.3, 0.4) is 0 Å². The minimum Gasteiger partial charge on any atom is -0.367 e. The Kier molecular flexibility index (Phi) is 4.09. The Morgan fingerprint density at radius 2 is 2.12 bits per heavy atom. The number of nitrogens with one attached hydrogen (secondary N) is 1. The molecule has 0 amide bonds. The lowest BCUT2D eigenvalue weighted by Gasteiger charge is -2.04. The van der Waals surface area contributed by atoms with Crippen molar-refractivity contribution in [3.8, 4) is 11.3 Å². The van der Waals surface area contributed by atoms with Gasteiger partial charge in [-0.25, -0.2) is 0 Å². The average Bonchev–Trinajstić information content (AvgIpc) is 2.84. The van der Waals surface area contributed by atoms with E-state index in [9.17, 15) is 0 Å². The maximum Gasteiger partial charge on any atom is 0.168 e. The van der Waals surface area contributed by atoms with Crippen LogP contribution in [0.1, 0.15) is 25.8 Å². The van der Waals surface area contributed by atoms with E-state index in [2.05, 4.69) is 52.2 Å². The molecule has 2 aromatic rings. The van der Waals surface area contributed by atoms with Gasteiger partial charge in [0, 0.05) is 12.1 Å². The molecule has 0 bridgehead atoms. The van der Waals surface area contributed by atoms with Gasteiger partial charge in [0.15, 0.2) is 5.82 Å². The Hall–Kier alpha value is -1.42. The third-order valence-corrected chi connectivity index (χ3v) is 3.17. The van der Waals surface area contributed by atoms with Crippen molar-refractivity contribution < 1.29 is 0 Å². The normalized spacial score (nSPS) is 10.5. The molecule has 0 aliphatic rings. The van der Waals surface area contributed by atoms with Crippen LogP contribution in [0.4, 0.5) is 5.82 Å². The molecule has 0 aliphatic heterocycles. The van der Waals surface area contributed by atoms with E-state index in [1.165, 1.54) is 17.3 Å². The summed E-state index contributed by atoms with van der Waals surface area (Å²) in [6.07, 6.45) is 2.13. The summed E-state index contributed by atoms with van der Waals surface area (Å²) in [5.74, 6) is 0.908. The number of hydrogen-bond donors (Lipinski definition) is 1. The third-order valence-electron chi connectivity index (χ3n) is 2.64. The molecule has 3 nitrogen and oxygen atoms in total. The van der Waals surface area contributed by atoms with Gasteiger partial charge >= 0.3 is 0 Å². The predicted molar refractivity (Wildman–Crippen MR) is 73.5 cm³/mol. The van der Waals surface area contributed by atoms with Gasteiger partial charge in [0.2, 0.25) is 0 Å². The molecule has 0 spiro atoms. The van der Waals surface area contributed by atoms with E-state index in [4.69, 9.17) is 0 Å². The van der Waals surface area contributed by atoms with E-state index >= 15 is 0 Å². The first-order valence-corrected chi connectivity index (χ1v) is 6.74. The van der Waals surface area contributed by atoms with Crippen molar-refractivity contribution in [1.29, 1.82) is 0 Å². The maximum atomic E-state index is 4.38. The second-order valence-electron chi connectivity index (χ2n) is 3.94. The highest BCUT2D eigenvalue weighted by atomic mass is 32.1. The molecule has 0 saturated carbocycles. The first-order valence-electron chi connectivity index (χ1n) is 6.01. The van der Waals surface area contributed by atoms with Gasteiger partial charge in [-0.15, -0.1) is 0 Å². The molecular weight excluding hydrogens is 230 g/mol. The Morgan fingerprint density at radius 1 is 1.24 bits per heavy atom. The molecule has 2 rings (SSSR count). The number of aryl methyl sites for hydroxylation is 1. The number of aromatic nitrogens is 2. The van der Waals surface area contributed by atoms with Crippen molar-refractivity contribution in [3.63, 3.8) is 0 Å². The first kappa shape index (κ1) is 12.0. The molecule has 1 heterocycles. The fourth-order valence-corrected chi connectivity index (χ4v) is 2.22. The summed E-state index contributed by atoms with van der Waals surface area (Å²) in [4.78, 5) is 0. The van der Waals surface area contributed by atoms with Gasteiger partial charge in [-0.3, -0.25) is 0 Å². The molecule has 0 unspecified atom stereocenters. The van der Waals surface area contributed by atoms with E-state index in [-0.39, 0.29) is 0 Å². The number of nitrogens with zero attached hydrogens (tertiary/aromatic N) is 2. The smallest absolute Gasteiger partial charge is 0.168 e. The Balaban J connectivity index is 2.28. The van der Waals surface area contributed by atoms with Crippen molar-refractivity contribution in [2.24, 2.45) is 0 Å². The van der Waals surface area contributed by atoms with Crippen LogP contribution in [0.2, 0.25) is 0 Å². The Labute approximate surface area is 106 Å². The molecule has 0 radical (unpaired) electrons. The van der Waals surface area contributed by atoms with Crippen LogP contribution in [0.5, 0.6) is 0 Å². The lowest BCUT2D eigenvalue weighted by atomic mass is 10.1. The van der Waals surface area contributed by atoms with Gasteiger partial charge < -0.3 is 5.32 Å². The van der Waals surface area contributed by atoms with Crippen LogP contribution in [0, 0.1) is 0 Å². The molecular formula is C13H17N3S. The Morgan fingerprint density at radius 3 is 2.88 bits per heavy atom. The quantitative estimate of drug-likeness (QED) is 0.877. The lowest BCUT2D eigenvalue weighted by molar-refractivity contribution is 0.974. The molecule has 1 N–H and O–H groups in total. The minimum atomic E-state index is 0.908. The zero-order chi connectivity index (χ0) is 12.1. The van der Waals surface area contributed by atoms with Gasteiger partial charge in [-0.2, -0.15) is 8.75 Å². The van der Waals surface area contributed by atoms with E-state index in [0.29, 0.717) is 0 Å². The average molecular weight is 247 g/mol. The van der Waals surface area contributed by atoms with Crippen molar-refractivity contribution in [2.45, 2.75) is 26.7 Å². The predicted octanol–water partition coefficient (Wildman–Crippen LogP) is 3.59. The monoisotopic (exact) mass is 247 g/mol. The molecule has 4 heteroatoms. The van der Waals surface area contributed by atoms with Gasteiger partial charge in [0.1, 0.15) is 5.69 Å². The molecule has 17 heavy (non-hydrogen) atoms. The van der Waals surface area contributed by atoms with E-state index < -0.39 is 0 Å². The number of benzene rings is 1. The molecule has 0 atom stereocenters. The molecule has 1 aromatic carbocycles. The first-order chi connectivity index (χ1) is 8.35. The SMILES string of the molecule is CCCNc1nsnc1-c1cccc(CC)c1. The topological polar surface area (TPSA) is 37.8 Å². The summed E-state index contributed by atoms with van der Waals surface area (Å²) in [5.41, 5.74) is 3.45. The largest absolute Gasteiger partial charge is 0.367 e. The van der Waals surface area contributed by atoms with Crippen molar-refractivity contribution in [3.05, 3.63) is 29.8 Å². The molecule has 90 valence electrons. The molecule has 0 saturated heterocycles. The summed E-state index contributed by atoms with van der Waals surface area (Å²) < 4.78 is 8.69. The van der Waals surface area contributed by atoms with Crippen molar-refractivity contribution in [1.82, 2.24) is 8.75 Å². The summed E-state index contributed by atoms with van der Waals surface area (Å²) >= 11 is 1.26. The van der Waals surface area contributed by atoms with E-state index in [1.54, 1.807) is 0 Å². The fraction of sp³-hybridized carbons (Fsp3) is 0.385. The van der Waals surface area contributed by atoms with Gasteiger partial charge in [0.05, 0.1) is 11.7 Å².